The first kappa shape index (κ1) is 20.9. The quantitative estimate of drug-likeness (QED) is 0.605. The second kappa shape index (κ2) is 7.43. The van der Waals surface area contributed by atoms with E-state index in [1.165, 1.54) is 0 Å². The van der Waals surface area contributed by atoms with Gasteiger partial charge >= 0.3 is 0 Å². The largest absolute Gasteiger partial charge is 0.380 e. The van der Waals surface area contributed by atoms with Gasteiger partial charge in [-0.1, -0.05) is 0 Å². The maximum Gasteiger partial charge on any atom is 0.267 e. The summed E-state index contributed by atoms with van der Waals surface area (Å²) < 4.78 is 37.1. The summed E-state index contributed by atoms with van der Waals surface area (Å²) in [6, 6.07) is 5.79. The molecule has 3 aliphatic rings. The number of anilines is 1. The Bertz CT molecular complexity index is 1210. The minimum Gasteiger partial charge on any atom is -0.380 e. The Morgan fingerprint density at radius 3 is 2.61 bits per heavy atom. The summed E-state index contributed by atoms with van der Waals surface area (Å²) in [6.45, 7) is 5.85. The second-order valence-corrected chi connectivity index (χ2v) is 10.1. The number of fused-ring (bicyclic) bond motifs is 1. The average Bonchev–Trinajstić information content (AvgIpc) is 3.38. The Kier molecular flexibility index (Phi) is 4.71. The Labute approximate surface area is 191 Å². The highest BCUT2D eigenvalue weighted by Gasteiger charge is 2.46. The number of halogens is 2. The van der Waals surface area contributed by atoms with Gasteiger partial charge in [-0.2, -0.15) is 5.10 Å². The van der Waals surface area contributed by atoms with Crippen LogP contribution >= 0.6 is 0 Å². The first-order valence-electron chi connectivity index (χ1n) is 11.5. The monoisotopic (exact) mass is 454 g/mol. The van der Waals surface area contributed by atoms with Crippen LogP contribution in [0.5, 0.6) is 0 Å². The molecule has 1 aromatic carbocycles. The smallest absolute Gasteiger partial charge is 0.267 e. The highest BCUT2D eigenvalue weighted by atomic mass is 19.3. The number of benzene rings is 1. The fourth-order valence-corrected chi connectivity index (χ4v) is 5.64. The summed E-state index contributed by atoms with van der Waals surface area (Å²) in [7, 11) is 1.75. The molecule has 1 unspecified atom stereocenters. The van der Waals surface area contributed by atoms with Gasteiger partial charge in [-0.15, -0.1) is 0 Å². The number of hydrogen-bond donors (Lipinski definition) is 0. The van der Waals surface area contributed by atoms with Crippen molar-refractivity contribution in [1.29, 1.82) is 0 Å². The number of piperidine rings is 1. The molecule has 3 aromatic rings. The predicted molar refractivity (Wildman–Crippen MR) is 121 cm³/mol. The van der Waals surface area contributed by atoms with Crippen molar-refractivity contribution in [2.75, 3.05) is 51.3 Å². The van der Waals surface area contributed by atoms with Crippen LogP contribution in [0, 0.1) is 12.3 Å². The van der Waals surface area contributed by atoms with Crippen LogP contribution in [-0.4, -0.2) is 77.0 Å². The molecule has 3 fully saturated rings. The van der Waals surface area contributed by atoms with Gasteiger partial charge in [0.25, 0.3) is 5.92 Å². The molecule has 3 aliphatic heterocycles. The fraction of sp³-hybridized carbons (Fsp3) is 0.542. The predicted octanol–water partition coefficient (Wildman–Crippen LogP) is 3.41. The average molecular weight is 455 g/mol. The van der Waals surface area contributed by atoms with E-state index in [1.807, 2.05) is 25.1 Å². The number of rotatable bonds is 3. The highest BCUT2D eigenvalue weighted by Crippen LogP contribution is 2.42. The summed E-state index contributed by atoms with van der Waals surface area (Å²) in [5.41, 5.74) is 2.63. The first-order valence-corrected chi connectivity index (χ1v) is 11.5. The number of likely N-dealkylation sites (tertiary alicyclic amines) is 1. The molecule has 7 nitrogen and oxygen atoms in total. The summed E-state index contributed by atoms with van der Waals surface area (Å²) in [5, 5.41) is 5.47. The fourth-order valence-electron chi connectivity index (χ4n) is 5.64. The minimum atomic E-state index is -2.77. The van der Waals surface area contributed by atoms with E-state index in [0.717, 1.165) is 55.0 Å². The van der Waals surface area contributed by atoms with Crippen LogP contribution in [0.15, 0.2) is 30.7 Å². The van der Waals surface area contributed by atoms with Gasteiger partial charge in [-0.3, -0.25) is 0 Å². The highest BCUT2D eigenvalue weighted by molar-refractivity contribution is 5.82. The summed E-state index contributed by atoms with van der Waals surface area (Å²) in [4.78, 5) is 12.9. The van der Waals surface area contributed by atoms with Crippen molar-refractivity contribution in [2.24, 2.45) is 5.41 Å². The molecule has 6 rings (SSSR count). The molecular weight excluding hydrogens is 426 g/mol. The molecule has 0 bridgehead atoms. The summed E-state index contributed by atoms with van der Waals surface area (Å²) >= 11 is 0. The first-order chi connectivity index (χ1) is 15.8. The van der Waals surface area contributed by atoms with Crippen LogP contribution in [0.1, 0.15) is 29.9 Å². The Morgan fingerprint density at radius 1 is 1.06 bits per heavy atom. The van der Waals surface area contributed by atoms with Gasteiger partial charge in [0.15, 0.2) is 5.82 Å². The zero-order valence-corrected chi connectivity index (χ0v) is 19.0. The number of hydrogen-bond acceptors (Lipinski definition) is 6. The molecule has 0 amide bonds. The summed E-state index contributed by atoms with van der Waals surface area (Å²) in [5.74, 6) is -2.06. The molecule has 5 heterocycles. The van der Waals surface area contributed by atoms with Crippen LogP contribution < -0.4 is 4.90 Å². The van der Waals surface area contributed by atoms with Gasteiger partial charge in [-0.05, 0) is 56.6 Å². The third-order valence-electron chi connectivity index (χ3n) is 7.56. The van der Waals surface area contributed by atoms with Crippen molar-refractivity contribution in [3.63, 3.8) is 0 Å². The van der Waals surface area contributed by atoms with Crippen LogP contribution in [0.3, 0.4) is 0 Å². The molecule has 0 radical (unpaired) electrons. The van der Waals surface area contributed by atoms with Crippen LogP contribution in [0.4, 0.5) is 14.6 Å². The van der Waals surface area contributed by atoms with Gasteiger partial charge in [-0.25, -0.2) is 23.4 Å². The molecule has 33 heavy (non-hydrogen) atoms. The maximum atomic E-state index is 15.0. The molecule has 0 saturated carbocycles. The molecule has 2 aromatic heterocycles. The van der Waals surface area contributed by atoms with Crippen molar-refractivity contribution in [3.05, 3.63) is 41.9 Å². The Morgan fingerprint density at radius 2 is 1.88 bits per heavy atom. The normalized spacial score (nSPS) is 24.5. The lowest BCUT2D eigenvalue weighted by molar-refractivity contribution is -0.0985. The van der Waals surface area contributed by atoms with Crippen LogP contribution in [0.2, 0.25) is 0 Å². The second-order valence-electron chi connectivity index (χ2n) is 10.1. The molecule has 0 aliphatic carbocycles. The number of aryl methyl sites for hydroxylation is 1. The van der Waals surface area contributed by atoms with Gasteiger partial charge in [0.05, 0.1) is 37.4 Å². The molecule has 1 atom stereocenters. The van der Waals surface area contributed by atoms with E-state index >= 15 is 0 Å². The third kappa shape index (κ3) is 3.49. The third-order valence-corrected chi connectivity index (χ3v) is 7.56. The van der Waals surface area contributed by atoms with Crippen molar-refractivity contribution in [2.45, 2.75) is 31.6 Å². The van der Waals surface area contributed by atoms with E-state index in [1.54, 1.807) is 29.2 Å². The lowest BCUT2D eigenvalue weighted by Crippen LogP contribution is -2.45. The van der Waals surface area contributed by atoms with Crippen molar-refractivity contribution >= 4 is 16.7 Å². The van der Waals surface area contributed by atoms with Gasteiger partial charge in [0, 0.05) is 30.0 Å². The van der Waals surface area contributed by atoms with Crippen molar-refractivity contribution in [1.82, 2.24) is 24.6 Å². The van der Waals surface area contributed by atoms with E-state index in [4.69, 9.17) is 4.74 Å². The molecular formula is C24H28F2N6O. The van der Waals surface area contributed by atoms with Gasteiger partial charge in [0.2, 0.25) is 0 Å². The maximum absolute atomic E-state index is 15.0. The molecule has 0 N–H and O–H groups in total. The van der Waals surface area contributed by atoms with Crippen molar-refractivity contribution in [3.8, 4) is 5.82 Å². The molecule has 174 valence electrons. The number of alkyl halides is 2. The SMILES string of the molecule is Cc1cc2cnn(-c3cc(N4CCC5(COC5)C4)ncn3)c2cc1C1CCN(C)CC1(F)F. The zero-order chi connectivity index (χ0) is 22.8. The molecule has 9 heteroatoms. The standard InChI is InChI=1S/C24H28F2N6O/c1-16-7-17-10-29-32(20(17)8-18(16)19-3-5-30(2)12-24(19,25)26)22-9-21(27-15-28-22)31-6-4-23(11-31)13-33-14-23/h7-10,15,19H,3-6,11-14H2,1-2H3. The number of aromatic nitrogens is 4. The number of nitrogens with zero attached hydrogens (tertiary/aromatic N) is 6. The molecule has 1 spiro atoms. The van der Waals surface area contributed by atoms with E-state index in [2.05, 4.69) is 20.0 Å². The van der Waals surface area contributed by atoms with E-state index in [0.29, 0.717) is 24.3 Å². The van der Waals surface area contributed by atoms with Crippen LogP contribution in [0.25, 0.3) is 16.7 Å². The summed E-state index contributed by atoms with van der Waals surface area (Å²) in [6.07, 6.45) is 4.87. The van der Waals surface area contributed by atoms with E-state index in [9.17, 15) is 8.78 Å². The van der Waals surface area contributed by atoms with E-state index < -0.39 is 11.8 Å². The van der Waals surface area contributed by atoms with Crippen LogP contribution in [-0.2, 0) is 4.74 Å². The van der Waals surface area contributed by atoms with E-state index in [-0.39, 0.29) is 12.0 Å². The Balaban J connectivity index is 1.36. The van der Waals surface area contributed by atoms with Gasteiger partial charge in [0.1, 0.15) is 12.1 Å². The topological polar surface area (TPSA) is 59.3 Å². The minimum absolute atomic E-state index is 0.216. The van der Waals surface area contributed by atoms with Gasteiger partial charge < -0.3 is 14.5 Å². The number of ether oxygens (including phenoxy) is 1. The Hall–Kier alpha value is -2.65. The molecule has 3 saturated heterocycles. The lowest BCUT2D eigenvalue weighted by atomic mass is 9.83. The zero-order valence-electron chi connectivity index (χ0n) is 19.0. The lowest BCUT2D eigenvalue weighted by Gasteiger charge is -2.37. The van der Waals surface area contributed by atoms with Crippen molar-refractivity contribution < 1.29 is 13.5 Å².